The highest BCUT2D eigenvalue weighted by Crippen LogP contribution is 2.25. The monoisotopic (exact) mass is 355 g/mol. The van der Waals surface area contributed by atoms with Gasteiger partial charge in [0.05, 0.1) is 24.0 Å². The van der Waals surface area contributed by atoms with Crippen molar-refractivity contribution < 1.29 is 13.9 Å². The molecule has 2 N–H and O–H groups in total. The average Bonchev–Trinajstić information content (AvgIpc) is 2.55. The summed E-state index contributed by atoms with van der Waals surface area (Å²) in [5.74, 6) is -1.66. The molecule has 1 aliphatic carbocycles. The van der Waals surface area contributed by atoms with E-state index < -0.39 is 23.3 Å². The largest absolute Gasteiger partial charge is 0.391 e. The molecule has 0 unspecified atom stereocenters. The molecule has 128 valence electrons. The second-order valence-corrected chi connectivity index (χ2v) is 6.17. The number of nitrogens with zero attached hydrogens (tertiary/aromatic N) is 2. The number of benzene rings is 1. The minimum absolute atomic E-state index is 0.161. The highest BCUT2D eigenvalue weighted by Gasteiger charge is 2.24. The number of hydrogen-bond donors (Lipinski definition) is 2. The number of aliphatic hydroxyl groups is 1. The Morgan fingerprint density at radius 2 is 2.04 bits per heavy atom. The molecule has 1 saturated carbocycles. The van der Waals surface area contributed by atoms with Crippen LogP contribution in [-0.2, 0) is 0 Å². The number of rotatable bonds is 3. The third kappa shape index (κ3) is 3.27. The second kappa shape index (κ2) is 6.86. The molecule has 8 heteroatoms. The van der Waals surface area contributed by atoms with Crippen LogP contribution >= 0.6 is 11.6 Å². The molecule has 0 radical (unpaired) electrons. The zero-order valence-corrected chi connectivity index (χ0v) is 13.4. The van der Waals surface area contributed by atoms with E-state index in [1.807, 2.05) is 0 Å². The highest BCUT2D eigenvalue weighted by atomic mass is 35.5. The van der Waals surface area contributed by atoms with Gasteiger partial charge in [-0.3, -0.25) is 4.79 Å². The summed E-state index contributed by atoms with van der Waals surface area (Å²) in [6.45, 7) is 0. The van der Waals surface area contributed by atoms with Crippen LogP contribution in [0, 0.1) is 11.6 Å². The first kappa shape index (κ1) is 16.9. The van der Waals surface area contributed by atoms with Gasteiger partial charge in [0.15, 0.2) is 5.82 Å². The van der Waals surface area contributed by atoms with Crippen molar-refractivity contribution >= 4 is 17.3 Å². The fourth-order valence-electron chi connectivity index (χ4n) is 2.84. The molecule has 3 rings (SSSR count). The van der Waals surface area contributed by atoms with Crippen molar-refractivity contribution in [1.82, 2.24) is 9.78 Å². The summed E-state index contributed by atoms with van der Waals surface area (Å²) in [6.07, 6.45) is 4.14. The van der Waals surface area contributed by atoms with E-state index in [1.54, 1.807) is 0 Å². The fraction of sp³-hybridized carbons (Fsp3) is 0.375. The van der Waals surface area contributed by atoms with Gasteiger partial charge in [0.25, 0.3) is 5.56 Å². The highest BCUT2D eigenvalue weighted by molar-refractivity contribution is 6.33. The molecule has 1 aliphatic rings. The number of aliphatic hydroxyl groups excluding tert-OH is 1. The van der Waals surface area contributed by atoms with Crippen LogP contribution in [0.15, 0.2) is 29.2 Å². The lowest BCUT2D eigenvalue weighted by atomic mass is 9.92. The van der Waals surface area contributed by atoms with Gasteiger partial charge in [-0.2, -0.15) is 9.78 Å². The van der Waals surface area contributed by atoms with Crippen LogP contribution in [0.2, 0.25) is 5.02 Å². The quantitative estimate of drug-likeness (QED) is 0.888. The van der Waals surface area contributed by atoms with E-state index in [0.29, 0.717) is 12.5 Å². The second-order valence-electron chi connectivity index (χ2n) is 5.79. The summed E-state index contributed by atoms with van der Waals surface area (Å²) in [7, 11) is 0. The Balaban J connectivity index is 1.93. The SMILES string of the molecule is O=c1c(Cl)c(N[C@H]2CCCC[C@@H]2O)cnn1-c1ccc(F)cc1F. The first-order valence-electron chi connectivity index (χ1n) is 7.65. The molecule has 0 saturated heterocycles. The third-order valence-electron chi connectivity index (χ3n) is 4.13. The van der Waals surface area contributed by atoms with Gasteiger partial charge < -0.3 is 10.4 Å². The molecule has 0 amide bonds. The first-order chi connectivity index (χ1) is 11.5. The Kier molecular flexibility index (Phi) is 4.82. The summed E-state index contributed by atoms with van der Waals surface area (Å²) < 4.78 is 27.6. The number of nitrogens with one attached hydrogen (secondary N) is 1. The molecule has 0 spiro atoms. The molecule has 1 fully saturated rings. The number of aromatic nitrogens is 2. The topological polar surface area (TPSA) is 67.2 Å². The standard InChI is InChI=1S/C16H16ClF2N3O2/c17-15-12(21-11-3-1-2-4-14(11)23)8-20-22(16(15)24)13-6-5-9(18)7-10(13)19/h5-8,11,14,21,23H,1-4H2/t11-,14-/m0/s1. The van der Waals surface area contributed by atoms with Gasteiger partial charge in [-0.15, -0.1) is 0 Å². The van der Waals surface area contributed by atoms with Crippen molar-refractivity contribution in [2.24, 2.45) is 0 Å². The van der Waals surface area contributed by atoms with Gasteiger partial charge in [-0.25, -0.2) is 8.78 Å². The fourth-order valence-corrected chi connectivity index (χ4v) is 3.02. The van der Waals surface area contributed by atoms with Crippen molar-refractivity contribution in [3.8, 4) is 5.69 Å². The Hall–Kier alpha value is -1.99. The van der Waals surface area contributed by atoms with Gasteiger partial charge in [0.1, 0.15) is 16.5 Å². The van der Waals surface area contributed by atoms with E-state index >= 15 is 0 Å². The molecule has 1 aromatic heterocycles. The zero-order chi connectivity index (χ0) is 17.3. The normalized spacial score (nSPS) is 20.8. The summed E-state index contributed by atoms with van der Waals surface area (Å²) in [5, 5.41) is 16.8. The lowest BCUT2D eigenvalue weighted by Gasteiger charge is -2.29. The van der Waals surface area contributed by atoms with Crippen molar-refractivity contribution in [3.63, 3.8) is 0 Å². The van der Waals surface area contributed by atoms with E-state index in [1.165, 1.54) is 6.20 Å². The smallest absolute Gasteiger partial charge is 0.292 e. The minimum atomic E-state index is -0.913. The maximum absolute atomic E-state index is 13.8. The maximum Gasteiger partial charge on any atom is 0.292 e. The van der Waals surface area contributed by atoms with Crippen molar-refractivity contribution in [2.75, 3.05) is 5.32 Å². The zero-order valence-electron chi connectivity index (χ0n) is 12.7. The van der Waals surface area contributed by atoms with Crippen molar-refractivity contribution in [2.45, 2.75) is 37.8 Å². The summed E-state index contributed by atoms with van der Waals surface area (Å²) >= 11 is 6.08. The van der Waals surface area contributed by atoms with Crippen LogP contribution in [0.1, 0.15) is 25.7 Å². The van der Waals surface area contributed by atoms with Gasteiger partial charge >= 0.3 is 0 Å². The molecule has 1 heterocycles. The predicted octanol–water partition coefficient (Wildman–Crippen LogP) is 2.88. The van der Waals surface area contributed by atoms with Crippen LogP contribution in [0.4, 0.5) is 14.5 Å². The van der Waals surface area contributed by atoms with Crippen LogP contribution in [0.5, 0.6) is 0 Å². The van der Waals surface area contributed by atoms with Crippen molar-refractivity contribution in [1.29, 1.82) is 0 Å². The number of hydrogen-bond acceptors (Lipinski definition) is 4. The Labute approximate surface area is 141 Å². The molecule has 2 atom stereocenters. The van der Waals surface area contributed by atoms with E-state index in [9.17, 15) is 18.7 Å². The van der Waals surface area contributed by atoms with Crippen LogP contribution in [0.25, 0.3) is 5.69 Å². The van der Waals surface area contributed by atoms with Crippen molar-refractivity contribution in [3.05, 3.63) is 51.4 Å². The summed E-state index contributed by atoms with van der Waals surface area (Å²) in [5.41, 5.74) is -0.628. The van der Waals surface area contributed by atoms with Crippen LogP contribution in [-0.4, -0.2) is 27.0 Å². The Morgan fingerprint density at radius 1 is 1.29 bits per heavy atom. The van der Waals surface area contributed by atoms with Gasteiger partial charge in [0, 0.05) is 6.07 Å². The summed E-state index contributed by atoms with van der Waals surface area (Å²) in [4.78, 5) is 12.4. The molecule has 24 heavy (non-hydrogen) atoms. The Bertz CT molecular complexity index is 812. The van der Waals surface area contributed by atoms with Gasteiger partial charge in [0.2, 0.25) is 0 Å². The lowest BCUT2D eigenvalue weighted by molar-refractivity contribution is 0.116. The molecule has 5 nitrogen and oxygen atoms in total. The number of anilines is 1. The van der Waals surface area contributed by atoms with E-state index in [-0.39, 0.29) is 22.4 Å². The third-order valence-corrected chi connectivity index (χ3v) is 4.49. The van der Waals surface area contributed by atoms with Gasteiger partial charge in [-0.05, 0) is 25.0 Å². The molecule has 2 aromatic rings. The van der Waals surface area contributed by atoms with Crippen LogP contribution < -0.4 is 10.9 Å². The predicted molar refractivity (Wildman–Crippen MR) is 86.6 cm³/mol. The van der Waals surface area contributed by atoms with E-state index in [4.69, 9.17) is 11.6 Å². The molecule has 1 aromatic carbocycles. The minimum Gasteiger partial charge on any atom is -0.391 e. The Morgan fingerprint density at radius 3 is 2.75 bits per heavy atom. The number of halogens is 3. The van der Waals surface area contributed by atoms with Gasteiger partial charge in [-0.1, -0.05) is 24.4 Å². The lowest BCUT2D eigenvalue weighted by Crippen LogP contribution is -2.37. The molecule has 0 aliphatic heterocycles. The maximum atomic E-state index is 13.8. The molecular formula is C16H16ClF2N3O2. The van der Waals surface area contributed by atoms with Crippen LogP contribution in [0.3, 0.4) is 0 Å². The molecular weight excluding hydrogens is 340 g/mol. The first-order valence-corrected chi connectivity index (χ1v) is 8.03. The average molecular weight is 356 g/mol. The molecule has 0 bridgehead atoms. The van der Waals surface area contributed by atoms with E-state index in [2.05, 4.69) is 10.4 Å². The van der Waals surface area contributed by atoms with E-state index in [0.717, 1.165) is 36.1 Å². The summed E-state index contributed by atoms with van der Waals surface area (Å²) in [6, 6.07) is 2.61.